The largest absolute Gasteiger partial charge is 0.332 e. The van der Waals surface area contributed by atoms with Crippen LogP contribution in [0.25, 0.3) is 0 Å². The first-order valence-corrected chi connectivity index (χ1v) is 9.00. The Hall–Kier alpha value is -0.880. The highest BCUT2D eigenvalue weighted by Gasteiger charge is 2.20. The topological polar surface area (TPSA) is 37.0 Å². The third-order valence-electron chi connectivity index (χ3n) is 3.53. The van der Waals surface area contributed by atoms with E-state index in [9.17, 15) is 0 Å². The molecule has 0 bridgehead atoms. The third kappa shape index (κ3) is 3.90. The first-order valence-electron chi connectivity index (χ1n) is 7.02. The van der Waals surface area contributed by atoms with E-state index in [0.29, 0.717) is 15.2 Å². The molecule has 1 unspecified atom stereocenters. The van der Waals surface area contributed by atoms with Crippen molar-refractivity contribution in [3.63, 3.8) is 0 Å². The summed E-state index contributed by atoms with van der Waals surface area (Å²) in [5.41, 5.74) is 1.96. The Morgan fingerprint density at radius 3 is 2.73 bits per heavy atom. The Morgan fingerprint density at radius 2 is 2.00 bits per heavy atom. The molecule has 7 heteroatoms. The number of thiocarbonyl (C=S) groups is 1. The lowest BCUT2D eigenvalue weighted by molar-refractivity contribution is 0.502. The molecule has 0 amide bonds. The Bertz CT molecular complexity index is 695. The summed E-state index contributed by atoms with van der Waals surface area (Å²) in [5.74, 6) is 0.736. The second kappa shape index (κ2) is 6.71. The summed E-state index contributed by atoms with van der Waals surface area (Å²) in [6, 6.07) is 5.23. The van der Waals surface area contributed by atoms with Crippen molar-refractivity contribution < 1.29 is 0 Å². The van der Waals surface area contributed by atoms with Gasteiger partial charge >= 0.3 is 0 Å². The Kier molecular flexibility index (Phi) is 4.88. The van der Waals surface area contributed by atoms with Crippen LogP contribution >= 0.6 is 46.8 Å². The molecule has 1 heterocycles. The van der Waals surface area contributed by atoms with E-state index in [2.05, 4.69) is 22.5 Å². The number of halogens is 2. The second-order valence-corrected chi connectivity index (χ2v) is 7.84. The predicted molar refractivity (Wildman–Crippen MR) is 99.6 cm³/mol. The number of benzene rings is 1. The van der Waals surface area contributed by atoms with E-state index in [-0.39, 0.29) is 0 Å². The number of aromatic nitrogens is 1. The fourth-order valence-electron chi connectivity index (χ4n) is 2.48. The zero-order valence-corrected chi connectivity index (χ0v) is 15.1. The summed E-state index contributed by atoms with van der Waals surface area (Å²) < 4.78 is 0. The summed E-state index contributed by atoms with van der Waals surface area (Å²) >= 11 is 19.0. The van der Waals surface area contributed by atoms with E-state index >= 15 is 0 Å². The van der Waals surface area contributed by atoms with E-state index in [1.54, 1.807) is 29.5 Å². The fraction of sp³-hybridized carbons (Fsp3) is 0.333. The lowest BCUT2D eigenvalue weighted by Gasteiger charge is -2.15. The molecule has 1 aromatic heterocycles. The number of nitrogens with zero attached hydrogens (tertiary/aromatic N) is 1. The third-order valence-corrected chi connectivity index (χ3v) is 5.20. The maximum Gasteiger partial charge on any atom is 0.189 e. The van der Waals surface area contributed by atoms with Gasteiger partial charge in [0.1, 0.15) is 0 Å². The molecule has 2 N–H and O–H groups in total. The summed E-state index contributed by atoms with van der Waals surface area (Å²) in [6.07, 6.45) is 3.37. The van der Waals surface area contributed by atoms with Gasteiger partial charge in [-0.3, -0.25) is 0 Å². The molecule has 0 saturated heterocycles. The van der Waals surface area contributed by atoms with Crippen molar-refractivity contribution in [3.05, 3.63) is 38.8 Å². The van der Waals surface area contributed by atoms with Gasteiger partial charge in [0.2, 0.25) is 0 Å². The summed E-state index contributed by atoms with van der Waals surface area (Å²) in [5, 5.41) is 8.68. The van der Waals surface area contributed by atoms with Crippen LogP contribution < -0.4 is 10.6 Å². The van der Waals surface area contributed by atoms with E-state index in [1.165, 1.54) is 17.0 Å². The van der Waals surface area contributed by atoms with E-state index in [0.717, 1.165) is 29.6 Å². The molecule has 1 atom stereocenters. The van der Waals surface area contributed by atoms with Crippen molar-refractivity contribution in [2.75, 3.05) is 10.6 Å². The SMILES string of the molecule is CC1CCc2nc(NC(=S)Nc3cc(Cl)cc(Cl)c3)sc2C1. The van der Waals surface area contributed by atoms with E-state index in [4.69, 9.17) is 35.4 Å². The molecule has 3 rings (SSSR count). The van der Waals surface area contributed by atoms with Gasteiger partial charge in [-0.15, -0.1) is 11.3 Å². The van der Waals surface area contributed by atoms with Crippen molar-refractivity contribution in [1.29, 1.82) is 0 Å². The monoisotopic (exact) mass is 371 g/mol. The number of thiazole rings is 1. The van der Waals surface area contributed by atoms with Crippen LogP contribution in [-0.4, -0.2) is 10.1 Å². The quantitative estimate of drug-likeness (QED) is 0.694. The molecular weight excluding hydrogens is 357 g/mol. The van der Waals surface area contributed by atoms with Crippen molar-refractivity contribution >= 4 is 62.7 Å². The molecule has 2 aromatic rings. The number of nitrogens with one attached hydrogen (secondary N) is 2. The number of rotatable bonds is 2. The lowest BCUT2D eigenvalue weighted by Crippen LogP contribution is -2.19. The maximum atomic E-state index is 5.98. The first-order chi connectivity index (χ1) is 10.5. The molecule has 0 fully saturated rings. The molecule has 1 aliphatic rings. The van der Waals surface area contributed by atoms with Crippen LogP contribution in [-0.2, 0) is 12.8 Å². The van der Waals surface area contributed by atoms with Crippen LogP contribution in [0.1, 0.15) is 23.9 Å². The second-order valence-electron chi connectivity index (χ2n) is 5.47. The first kappa shape index (κ1) is 16.0. The lowest BCUT2D eigenvalue weighted by atomic mass is 9.93. The van der Waals surface area contributed by atoms with Crippen LogP contribution in [0.4, 0.5) is 10.8 Å². The molecule has 0 radical (unpaired) electrons. The normalized spacial score (nSPS) is 17.0. The van der Waals surface area contributed by atoms with E-state index in [1.807, 2.05) is 0 Å². The minimum absolute atomic E-state index is 0.484. The zero-order chi connectivity index (χ0) is 15.7. The van der Waals surface area contributed by atoms with Gasteiger partial charge in [-0.1, -0.05) is 30.1 Å². The highest BCUT2D eigenvalue weighted by atomic mass is 35.5. The minimum atomic E-state index is 0.484. The van der Waals surface area contributed by atoms with Gasteiger partial charge in [-0.25, -0.2) is 4.98 Å². The Morgan fingerprint density at radius 1 is 1.27 bits per heavy atom. The molecule has 1 aromatic carbocycles. The van der Waals surface area contributed by atoms with Gasteiger partial charge in [0, 0.05) is 20.6 Å². The van der Waals surface area contributed by atoms with Gasteiger partial charge in [0.05, 0.1) is 5.69 Å². The van der Waals surface area contributed by atoms with Crippen LogP contribution in [0, 0.1) is 5.92 Å². The van der Waals surface area contributed by atoms with Gasteiger partial charge in [0.15, 0.2) is 10.2 Å². The number of hydrogen-bond acceptors (Lipinski definition) is 3. The van der Waals surface area contributed by atoms with E-state index < -0.39 is 0 Å². The average molecular weight is 372 g/mol. The van der Waals surface area contributed by atoms with Crippen LogP contribution in [0.15, 0.2) is 18.2 Å². The van der Waals surface area contributed by atoms with Gasteiger partial charge in [0.25, 0.3) is 0 Å². The highest BCUT2D eigenvalue weighted by molar-refractivity contribution is 7.80. The summed E-state index contributed by atoms with van der Waals surface area (Å²) in [6.45, 7) is 2.28. The van der Waals surface area contributed by atoms with Crippen LogP contribution in [0.5, 0.6) is 0 Å². The smallest absolute Gasteiger partial charge is 0.189 e. The number of aryl methyl sites for hydroxylation is 1. The van der Waals surface area contributed by atoms with Gasteiger partial charge in [-0.2, -0.15) is 0 Å². The van der Waals surface area contributed by atoms with Crippen molar-refractivity contribution in [3.8, 4) is 0 Å². The molecule has 116 valence electrons. The van der Waals surface area contributed by atoms with Crippen LogP contribution in [0.2, 0.25) is 10.0 Å². The molecule has 0 saturated carbocycles. The Labute approximate surface area is 149 Å². The molecule has 0 spiro atoms. The number of fused-ring (bicyclic) bond motifs is 1. The van der Waals surface area contributed by atoms with Gasteiger partial charge in [-0.05, 0) is 55.6 Å². The molecule has 1 aliphatic carbocycles. The zero-order valence-electron chi connectivity index (χ0n) is 12.0. The average Bonchev–Trinajstić information content (AvgIpc) is 2.78. The number of hydrogen-bond donors (Lipinski definition) is 2. The molecule has 0 aliphatic heterocycles. The molecular formula is C15H15Cl2N3S2. The van der Waals surface area contributed by atoms with Gasteiger partial charge < -0.3 is 10.6 Å². The standard InChI is InChI=1S/C15H15Cl2N3S2/c1-8-2-3-12-13(4-8)22-15(19-12)20-14(21)18-11-6-9(16)5-10(17)7-11/h5-8H,2-4H2,1H3,(H2,18,19,20,21). The van der Waals surface area contributed by atoms with Crippen molar-refractivity contribution in [2.45, 2.75) is 26.2 Å². The summed E-state index contributed by atoms with van der Waals surface area (Å²) in [4.78, 5) is 6.00. The Balaban J connectivity index is 1.67. The molecule has 22 heavy (non-hydrogen) atoms. The van der Waals surface area contributed by atoms with Crippen molar-refractivity contribution in [1.82, 2.24) is 4.98 Å². The number of anilines is 2. The fourth-order valence-corrected chi connectivity index (χ4v) is 4.46. The van der Waals surface area contributed by atoms with Crippen molar-refractivity contribution in [2.24, 2.45) is 5.92 Å². The predicted octanol–water partition coefficient (Wildman–Crippen LogP) is 5.38. The maximum absolute atomic E-state index is 5.98. The van der Waals surface area contributed by atoms with Crippen LogP contribution in [0.3, 0.4) is 0 Å². The minimum Gasteiger partial charge on any atom is -0.332 e. The summed E-state index contributed by atoms with van der Waals surface area (Å²) in [7, 11) is 0. The highest BCUT2D eigenvalue weighted by Crippen LogP contribution is 2.32. The molecule has 3 nitrogen and oxygen atoms in total.